The number of hydrogen-bond acceptors (Lipinski definition) is 5. The van der Waals surface area contributed by atoms with Gasteiger partial charge in [-0.15, -0.1) is 0 Å². The van der Waals surface area contributed by atoms with Crippen molar-refractivity contribution in [3.05, 3.63) is 40.7 Å². The van der Waals surface area contributed by atoms with E-state index in [0.717, 1.165) is 24.2 Å². The number of aliphatic carboxylic acids is 1. The van der Waals surface area contributed by atoms with E-state index in [4.69, 9.17) is 4.74 Å². The first-order chi connectivity index (χ1) is 10.2. The van der Waals surface area contributed by atoms with Gasteiger partial charge in [0, 0.05) is 6.42 Å². The van der Waals surface area contributed by atoms with Gasteiger partial charge in [-0.2, -0.15) is 4.37 Å². The van der Waals surface area contributed by atoms with Crippen molar-refractivity contribution in [3.8, 4) is 5.75 Å². The number of carbonyl (C=O) groups is 1. The number of methoxy groups -OCH3 is 1. The highest BCUT2D eigenvalue weighted by Gasteiger charge is 2.25. The Morgan fingerprint density at radius 1 is 1.43 bits per heavy atom. The molecule has 0 aliphatic rings. The number of carboxylic acids is 1. The Kier molecular flexibility index (Phi) is 5.27. The summed E-state index contributed by atoms with van der Waals surface area (Å²) >= 11 is 1.18. The van der Waals surface area contributed by atoms with E-state index in [1.807, 2.05) is 31.2 Å². The van der Waals surface area contributed by atoms with E-state index in [0.29, 0.717) is 17.2 Å². The summed E-state index contributed by atoms with van der Waals surface area (Å²) in [6.07, 6.45) is 2.07. The molecule has 0 bridgehead atoms. The average molecular weight is 306 g/mol. The second-order valence-electron chi connectivity index (χ2n) is 4.71. The Morgan fingerprint density at radius 3 is 2.86 bits per heavy atom. The van der Waals surface area contributed by atoms with E-state index in [9.17, 15) is 9.90 Å². The molecule has 2 rings (SSSR count). The molecule has 1 aromatic carbocycles. The van der Waals surface area contributed by atoms with Crippen LogP contribution in [0.4, 0.5) is 0 Å². The molecule has 1 aromatic heterocycles. The smallest absolute Gasteiger partial charge is 0.313 e. The maximum absolute atomic E-state index is 11.6. The zero-order chi connectivity index (χ0) is 15.2. The number of para-hydroxylation sites is 1. The Bertz CT molecular complexity index is 612. The number of ether oxygens (including phenoxy) is 1. The topological polar surface area (TPSA) is 72.3 Å². The monoisotopic (exact) mass is 306 g/mol. The molecule has 0 aliphatic carbocycles. The van der Waals surface area contributed by atoms with Gasteiger partial charge in [-0.1, -0.05) is 25.1 Å². The summed E-state index contributed by atoms with van der Waals surface area (Å²) in [5.41, 5.74) is 0.861. The number of aromatic nitrogens is 2. The fourth-order valence-corrected chi connectivity index (χ4v) is 2.89. The van der Waals surface area contributed by atoms with Crippen molar-refractivity contribution < 1.29 is 14.6 Å². The molecular formula is C15H18N2O3S. The van der Waals surface area contributed by atoms with Gasteiger partial charge in [0.05, 0.1) is 7.11 Å². The third-order valence-electron chi connectivity index (χ3n) is 3.17. The second kappa shape index (κ2) is 7.17. The molecule has 1 unspecified atom stereocenters. The van der Waals surface area contributed by atoms with Crippen molar-refractivity contribution in [1.29, 1.82) is 0 Å². The van der Waals surface area contributed by atoms with Crippen LogP contribution < -0.4 is 4.74 Å². The highest BCUT2D eigenvalue weighted by atomic mass is 32.1. The minimum atomic E-state index is -0.889. The number of aryl methyl sites for hydroxylation is 1. The van der Waals surface area contributed by atoms with E-state index in [2.05, 4.69) is 9.36 Å². The summed E-state index contributed by atoms with van der Waals surface area (Å²) in [7, 11) is 1.58. The molecule has 1 heterocycles. The average Bonchev–Trinajstić information content (AvgIpc) is 2.93. The fourth-order valence-electron chi connectivity index (χ4n) is 2.11. The Morgan fingerprint density at radius 2 is 2.19 bits per heavy atom. The summed E-state index contributed by atoms with van der Waals surface area (Å²) in [5, 5.41) is 10.0. The van der Waals surface area contributed by atoms with Gasteiger partial charge in [0.15, 0.2) is 0 Å². The molecule has 5 nitrogen and oxygen atoms in total. The first-order valence-electron chi connectivity index (χ1n) is 6.82. The van der Waals surface area contributed by atoms with Gasteiger partial charge in [-0.3, -0.25) is 4.79 Å². The first-order valence-corrected chi connectivity index (χ1v) is 7.60. The number of nitrogens with zero attached hydrogens (tertiary/aromatic N) is 2. The highest BCUT2D eigenvalue weighted by molar-refractivity contribution is 7.05. The molecule has 0 aliphatic heterocycles. The van der Waals surface area contributed by atoms with Crippen molar-refractivity contribution in [1.82, 2.24) is 9.36 Å². The summed E-state index contributed by atoms with van der Waals surface area (Å²) in [5.74, 6) is -0.157. The molecule has 0 saturated heterocycles. The van der Waals surface area contributed by atoms with Crippen LogP contribution in [0.1, 0.15) is 35.7 Å². The summed E-state index contributed by atoms with van der Waals surface area (Å²) < 4.78 is 9.51. The molecule has 0 amide bonds. The maximum Gasteiger partial charge on any atom is 0.313 e. The third-order valence-corrected chi connectivity index (χ3v) is 4.04. The van der Waals surface area contributed by atoms with E-state index >= 15 is 0 Å². The standard InChI is InChI=1S/C15H18N2O3S/c1-3-6-13-16-14(21-17-13)11(15(18)19)9-10-7-4-5-8-12(10)20-2/h4-5,7-8,11H,3,6,9H2,1-2H3,(H,18,19). The van der Waals surface area contributed by atoms with Crippen LogP contribution >= 0.6 is 11.5 Å². The van der Waals surface area contributed by atoms with Gasteiger partial charge in [0.1, 0.15) is 22.5 Å². The van der Waals surface area contributed by atoms with E-state index in [1.54, 1.807) is 7.11 Å². The van der Waals surface area contributed by atoms with Gasteiger partial charge in [-0.05, 0) is 36.0 Å². The lowest BCUT2D eigenvalue weighted by Gasteiger charge is -2.12. The second-order valence-corrected chi connectivity index (χ2v) is 5.49. The van der Waals surface area contributed by atoms with Crippen LogP contribution in [0.25, 0.3) is 0 Å². The van der Waals surface area contributed by atoms with E-state index in [1.165, 1.54) is 11.5 Å². The molecule has 1 atom stereocenters. The lowest BCUT2D eigenvalue weighted by Crippen LogP contribution is -2.15. The summed E-state index contributed by atoms with van der Waals surface area (Å²) in [4.78, 5) is 15.9. The van der Waals surface area contributed by atoms with Gasteiger partial charge in [0.25, 0.3) is 0 Å². The molecule has 0 spiro atoms. The predicted molar refractivity (Wildman–Crippen MR) is 81.0 cm³/mol. The molecular weight excluding hydrogens is 288 g/mol. The van der Waals surface area contributed by atoms with Crippen LogP contribution in [-0.4, -0.2) is 27.5 Å². The SMILES string of the molecule is CCCc1nsc(C(Cc2ccccc2OC)C(=O)O)n1. The molecule has 2 aromatic rings. The van der Waals surface area contributed by atoms with Crippen LogP contribution in [0.15, 0.2) is 24.3 Å². The van der Waals surface area contributed by atoms with Crippen molar-refractivity contribution in [2.75, 3.05) is 7.11 Å². The molecule has 112 valence electrons. The molecule has 1 N–H and O–H groups in total. The van der Waals surface area contributed by atoms with Crippen LogP contribution in [0.3, 0.4) is 0 Å². The van der Waals surface area contributed by atoms with Crippen molar-refractivity contribution in [3.63, 3.8) is 0 Å². The largest absolute Gasteiger partial charge is 0.496 e. The van der Waals surface area contributed by atoms with Crippen molar-refractivity contribution in [2.45, 2.75) is 32.1 Å². The Hall–Kier alpha value is -1.95. The number of rotatable bonds is 7. The zero-order valence-corrected chi connectivity index (χ0v) is 12.9. The van der Waals surface area contributed by atoms with Crippen LogP contribution in [0.2, 0.25) is 0 Å². The molecule has 0 saturated carbocycles. The van der Waals surface area contributed by atoms with Crippen molar-refractivity contribution in [2.24, 2.45) is 0 Å². The summed E-state index contributed by atoms with van der Waals surface area (Å²) in [6, 6.07) is 7.45. The van der Waals surface area contributed by atoms with Gasteiger partial charge in [-0.25, -0.2) is 4.98 Å². The van der Waals surface area contributed by atoms with Gasteiger partial charge >= 0.3 is 5.97 Å². The highest BCUT2D eigenvalue weighted by Crippen LogP contribution is 2.27. The van der Waals surface area contributed by atoms with Gasteiger partial charge < -0.3 is 9.84 Å². The van der Waals surface area contributed by atoms with E-state index < -0.39 is 11.9 Å². The Labute approximate surface area is 127 Å². The maximum atomic E-state index is 11.6. The molecule has 6 heteroatoms. The molecule has 21 heavy (non-hydrogen) atoms. The van der Waals surface area contributed by atoms with Crippen LogP contribution in [-0.2, 0) is 17.6 Å². The predicted octanol–water partition coefficient (Wildman–Crippen LogP) is 2.91. The quantitative estimate of drug-likeness (QED) is 0.851. The lowest BCUT2D eigenvalue weighted by atomic mass is 9.99. The lowest BCUT2D eigenvalue weighted by molar-refractivity contribution is -0.138. The number of carboxylic acid groups (broad SMARTS) is 1. The Balaban J connectivity index is 2.24. The minimum absolute atomic E-state index is 0.347. The number of benzene rings is 1. The van der Waals surface area contributed by atoms with Crippen molar-refractivity contribution >= 4 is 17.5 Å². The van der Waals surface area contributed by atoms with Gasteiger partial charge in [0.2, 0.25) is 0 Å². The van der Waals surface area contributed by atoms with Crippen LogP contribution in [0, 0.1) is 0 Å². The zero-order valence-electron chi connectivity index (χ0n) is 12.1. The molecule has 0 radical (unpaired) electrons. The normalized spacial score (nSPS) is 12.1. The molecule has 0 fully saturated rings. The third kappa shape index (κ3) is 3.78. The number of hydrogen-bond donors (Lipinski definition) is 1. The first kappa shape index (κ1) is 15.4. The van der Waals surface area contributed by atoms with Crippen LogP contribution in [0.5, 0.6) is 5.75 Å². The fraction of sp³-hybridized carbons (Fsp3) is 0.400. The summed E-state index contributed by atoms with van der Waals surface area (Å²) in [6.45, 7) is 2.05. The minimum Gasteiger partial charge on any atom is -0.496 e. The van der Waals surface area contributed by atoms with E-state index in [-0.39, 0.29) is 0 Å².